The van der Waals surface area contributed by atoms with Gasteiger partial charge in [-0.25, -0.2) is 0 Å². The zero-order valence-electron chi connectivity index (χ0n) is 28.5. The number of carbonyl (C=O) groups excluding carboxylic acids is 1. The van der Waals surface area contributed by atoms with Crippen LogP contribution in [-0.4, -0.2) is 142 Å². The van der Waals surface area contributed by atoms with E-state index in [0.29, 0.717) is 6.61 Å². The summed E-state index contributed by atoms with van der Waals surface area (Å²) in [6.45, 7) is 2.57. The van der Waals surface area contributed by atoms with Crippen molar-refractivity contribution in [3.05, 3.63) is 24.3 Å². The van der Waals surface area contributed by atoms with E-state index >= 15 is 0 Å². The Kier molecular flexibility index (Phi) is 21.8. The Hall–Kier alpha value is -1.53. The van der Waals surface area contributed by atoms with Gasteiger partial charge in [-0.2, -0.15) is 0 Å². The van der Waals surface area contributed by atoms with Crippen LogP contribution in [0.4, 0.5) is 0 Å². The molecule has 0 bridgehead atoms. The molecule has 11 atom stereocenters. The first-order valence-corrected chi connectivity index (χ1v) is 17.4. The van der Waals surface area contributed by atoms with Crippen LogP contribution >= 0.6 is 0 Å². The van der Waals surface area contributed by atoms with Gasteiger partial charge in [0.1, 0.15) is 54.9 Å². The molecule has 280 valence electrons. The molecule has 0 aromatic heterocycles. The average Bonchev–Trinajstić information content (AvgIpc) is 3.07. The van der Waals surface area contributed by atoms with Crippen molar-refractivity contribution in [1.82, 2.24) is 0 Å². The number of ether oxygens (including phenoxy) is 6. The zero-order chi connectivity index (χ0) is 35.3. The fraction of sp³-hybridized carbons (Fsp3) is 0.853. The highest BCUT2D eigenvalue weighted by Crippen LogP contribution is 2.26. The Labute approximate surface area is 284 Å². The van der Waals surface area contributed by atoms with Crippen molar-refractivity contribution in [2.75, 3.05) is 33.0 Å². The highest BCUT2D eigenvalue weighted by molar-refractivity contribution is 5.66. The lowest BCUT2D eigenvalue weighted by Gasteiger charge is -2.42. The van der Waals surface area contributed by atoms with Crippen LogP contribution < -0.4 is 0 Å². The maximum Gasteiger partial charge on any atom is 0.303 e. The van der Waals surface area contributed by atoms with Crippen LogP contribution in [0, 0.1) is 0 Å². The van der Waals surface area contributed by atoms with Crippen molar-refractivity contribution in [3.8, 4) is 0 Å². The first-order valence-electron chi connectivity index (χ1n) is 17.4. The highest BCUT2D eigenvalue weighted by atomic mass is 16.7. The predicted octanol–water partition coefficient (Wildman–Crippen LogP) is 0.999. The fourth-order valence-electron chi connectivity index (χ4n) is 5.36. The molecule has 0 saturated carbocycles. The lowest BCUT2D eigenvalue weighted by atomic mass is 9.98. The number of rotatable bonds is 24. The molecule has 0 spiro atoms. The van der Waals surface area contributed by atoms with Gasteiger partial charge in [0.2, 0.25) is 0 Å². The standard InChI is InChI=1S/C34H60O14/c1-3-4-5-6-7-8-9-10-11-12-13-14-15-16-17-18-43-20-24(46-23(2)36)21-44-33-32(42)30(40)28(38)26(48-33)22-45-34-31(41)29(39)27(37)25(19-35)47-34/h6-7,9-10,24-35,37-42H,3-5,8,11-22H2,1-2H3/b7-6-,10-9-. The van der Waals surface area contributed by atoms with Crippen LogP contribution in [0.15, 0.2) is 24.3 Å². The van der Waals surface area contributed by atoms with Crippen LogP contribution in [0.5, 0.6) is 0 Å². The predicted molar refractivity (Wildman–Crippen MR) is 173 cm³/mol. The molecule has 14 heteroatoms. The van der Waals surface area contributed by atoms with Gasteiger partial charge in [-0.1, -0.05) is 69.8 Å². The highest BCUT2D eigenvalue weighted by Gasteiger charge is 2.47. The average molecular weight is 693 g/mol. The topological polar surface area (TPSA) is 214 Å². The van der Waals surface area contributed by atoms with Crippen molar-refractivity contribution >= 4 is 5.97 Å². The summed E-state index contributed by atoms with van der Waals surface area (Å²) >= 11 is 0. The summed E-state index contributed by atoms with van der Waals surface area (Å²) in [6.07, 6.45) is 5.06. The number of aliphatic hydroxyl groups is 7. The molecular formula is C34H60O14. The third kappa shape index (κ3) is 15.6. The molecule has 7 N–H and O–H groups in total. The van der Waals surface area contributed by atoms with Gasteiger partial charge in [0.25, 0.3) is 0 Å². The van der Waals surface area contributed by atoms with Crippen molar-refractivity contribution in [1.29, 1.82) is 0 Å². The van der Waals surface area contributed by atoms with Gasteiger partial charge < -0.3 is 64.2 Å². The molecule has 2 aliphatic heterocycles. The summed E-state index contributed by atoms with van der Waals surface area (Å²) in [4.78, 5) is 11.7. The SMILES string of the molecule is CCCC/C=C\C/C=C\CCCCCCCCOCC(COC1OC(COC2OC(CO)C(O)C(O)C2O)C(O)C(O)C1O)OC(C)=O. The third-order valence-electron chi connectivity index (χ3n) is 8.26. The lowest BCUT2D eigenvalue weighted by Crippen LogP contribution is -2.61. The largest absolute Gasteiger partial charge is 0.458 e. The summed E-state index contributed by atoms with van der Waals surface area (Å²) in [7, 11) is 0. The van der Waals surface area contributed by atoms with Crippen LogP contribution in [0.2, 0.25) is 0 Å². The molecule has 0 aromatic rings. The quantitative estimate of drug-likeness (QED) is 0.0427. The minimum absolute atomic E-state index is 0.0390. The smallest absolute Gasteiger partial charge is 0.303 e. The molecule has 2 saturated heterocycles. The van der Waals surface area contributed by atoms with Crippen molar-refractivity contribution < 1.29 is 69.0 Å². The van der Waals surface area contributed by atoms with Crippen LogP contribution in [0.1, 0.15) is 84.5 Å². The van der Waals surface area contributed by atoms with Gasteiger partial charge in [-0.05, 0) is 32.1 Å². The number of esters is 1. The molecule has 2 heterocycles. The van der Waals surface area contributed by atoms with Gasteiger partial charge in [-0.3, -0.25) is 4.79 Å². The summed E-state index contributed by atoms with van der Waals surface area (Å²) in [5.41, 5.74) is 0. The Bertz CT molecular complexity index is 901. The molecule has 14 nitrogen and oxygen atoms in total. The van der Waals surface area contributed by atoms with E-state index in [2.05, 4.69) is 31.2 Å². The van der Waals surface area contributed by atoms with Crippen LogP contribution in [0.3, 0.4) is 0 Å². The van der Waals surface area contributed by atoms with Crippen molar-refractivity contribution in [3.63, 3.8) is 0 Å². The van der Waals surface area contributed by atoms with E-state index in [9.17, 15) is 40.5 Å². The van der Waals surface area contributed by atoms with E-state index < -0.39 is 86.7 Å². The van der Waals surface area contributed by atoms with E-state index in [1.807, 2.05) is 0 Å². The van der Waals surface area contributed by atoms with Gasteiger partial charge in [-0.15, -0.1) is 0 Å². The Morgan fingerprint density at radius 2 is 1.25 bits per heavy atom. The van der Waals surface area contributed by atoms with E-state index in [-0.39, 0.29) is 13.2 Å². The van der Waals surface area contributed by atoms with Gasteiger partial charge in [0.15, 0.2) is 12.6 Å². The number of aliphatic hydroxyl groups excluding tert-OH is 7. The molecular weight excluding hydrogens is 632 g/mol. The lowest BCUT2D eigenvalue weighted by molar-refractivity contribution is -0.332. The molecule has 0 amide bonds. The second-order valence-electron chi connectivity index (χ2n) is 12.4. The summed E-state index contributed by atoms with van der Waals surface area (Å²) in [6, 6.07) is 0. The van der Waals surface area contributed by atoms with Gasteiger partial charge in [0, 0.05) is 13.5 Å². The maximum absolute atomic E-state index is 11.7. The molecule has 2 aliphatic rings. The minimum Gasteiger partial charge on any atom is -0.458 e. The van der Waals surface area contributed by atoms with E-state index in [1.165, 1.54) is 32.6 Å². The van der Waals surface area contributed by atoms with Gasteiger partial charge in [0.05, 0.1) is 26.4 Å². The Morgan fingerprint density at radius 1 is 0.688 bits per heavy atom. The first-order chi connectivity index (χ1) is 23.1. The van der Waals surface area contributed by atoms with Crippen LogP contribution in [-0.2, 0) is 33.2 Å². The molecule has 0 aliphatic carbocycles. The number of hydrogen-bond acceptors (Lipinski definition) is 14. The molecule has 2 fully saturated rings. The Morgan fingerprint density at radius 3 is 1.88 bits per heavy atom. The molecule has 11 unspecified atom stereocenters. The minimum atomic E-state index is -1.70. The first kappa shape index (κ1) is 42.6. The van der Waals surface area contributed by atoms with E-state index in [0.717, 1.165) is 44.9 Å². The second kappa shape index (κ2) is 24.6. The normalized spacial score (nSPS) is 31.9. The Balaban J connectivity index is 1.67. The summed E-state index contributed by atoms with van der Waals surface area (Å²) in [5, 5.41) is 70.7. The molecule has 0 aromatic carbocycles. The number of carbonyl (C=O) groups is 1. The van der Waals surface area contributed by atoms with Gasteiger partial charge >= 0.3 is 5.97 Å². The number of hydrogen-bond donors (Lipinski definition) is 7. The number of allylic oxidation sites excluding steroid dienone is 4. The van der Waals surface area contributed by atoms with E-state index in [1.54, 1.807) is 0 Å². The van der Waals surface area contributed by atoms with Crippen LogP contribution in [0.25, 0.3) is 0 Å². The molecule has 0 radical (unpaired) electrons. The third-order valence-corrected chi connectivity index (χ3v) is 8.26. The monoisotopic (exact) mass is 692 g/mol. The summed E-state index contributed by atoms with van der Waals surface area (Å²) < 4.78 is 32.9. The number of unbranched alkanes of at least 4 members (excludes halogenated alkanes) is 8. The zero-order valence-corrected chi connectivity index (χ0v) is 28.5. The molecule has 48 heavy (non-hydrogen) atoms. The summed E-state index contributed by atoms with van der Waals surface area (Å²) in [5.74, 6) is -0.558. The molecule has 2 rings (SSSR count). The maximum atomic E-state index is 11.7. The second-order valence-corrected chi connectivity index (χ2v) is 12.4. The van der Waals surface area contributed by atoms with E-state index in [4.69, 9.17) is 28.4 Å². The van der Waals surface area contributed by atoms with Crippen molar-refractivity contribution in [2.24, 2.45) is 0 Å². The van der Waals surface area contributed by atoms with Crippen molar-refractivity contribution in [2.45, 2.75) is 152 Å². The fourth-order valence-corrected chi connectivity index (χ4v) is 5.36.